The minimum absolute atomic E-state index is 0. The number of nitrogens with one attached hydrogen (secondary N) is 1. The largest absolute Gasteiger partial charge is 0.477 e. The van der Waals surface area contributed by atoms with Crippen LogP contribution in [0.1, 0.15) is 19.2 Å². The molecule has 0 aliphatic carbocycles. The molecule has 6 N–H and O–H groups in total. The Morgan fingerprint density at radius 2 is 2.20 bits per heavy atom. The maximum Gasteiger partial charge on any atom is 0.352 e. The van der Waals surface area contributed by atoms with Gasteiger partial charge in [-0.15, -0.1) is 24.2 Å². The van der Waals surface area contributed by atoms with Crippen molar-refractivity contribution >= 4 is 64.3 Å². The predicted octanol–water partition coefficient (Wildman–Crippen LogP) is -0.631. The molecule has 2 unspecified atom stereocenters. The molecule has 0 radical (unpaired) electrons. The van der Waals surface area contributed by atoms with Crippen LogP contribution in [-0.2, 0) is 19.2 Å². The summed E-state index contributed by atoms with van der Waals surface area (Å²) in [6, 6.07) is -0.914. The van der Waals surface area contributed by atoms with E-state index >= 15 is 0 Å². The standard InChI is InChI=1S/C15H19N7O5S2.ClH/c1-6-5-7(14(25)26)22-12(24)9(13(22)28-6)18-11(23)8(20-27-4-2-3-16)10-19-15(17)29-21-10;/h5-6,9,13H,2-4,16H2,1H3,(H,18,23)(H,25,26)(H2,17,19,21);1H/t6?,9?,13-;/m0./s1. The lowest BCUT2D eigenvalue weighted by Gasteiger charge is -2.49. The number of nitrogens with zero attached hydrogens (tertiary/aromatic N) is 4. The third kappa shape index (κ3) is 4.83. The number of fused-ring (bicyclic) bond motifs is 1. The second kappa shape index (κ2) is 10.1. The first-order chi connectivity index (χ1) is 13.8. The van der Waals surface area contributed by atoms with E-state index in [-0.39, 0.29) is 46.6 Å². The van der Waals surface area contributed by atoms with Crippen LogP contribution in [0.4, 0.5) is 5.13 Å². The molecule has 0 bridgehead atoms. The summed E-state index contributed by atoms with van der Waals surface area (Å²) in [6.45, 7) is 2.39. The molecular weight excluding hydrogens is 458 g/mol. The normalized spacial score (nSPS) is 22.9. The summed E-state index contributed by atoms with van der Waals surface area (Å²) in [5.74, 6) is -2.48. The molecule has 0 aromatic carbocycles. The number of carbonyl (C=O) groups is 3. The summed E-state index contributed by atoms with van der Waals surface area (Å²) >= 11 is 2.25. The van der Waals surface area contributed by atoms with Crippen molar-refractivity contribution in [1.82, 2.24) is 19.6 Å². The molecular formula is C15H20ClN7O5S2. The maximum absolute atomic E-state index is 12.8. The van der Waals surface area contributed by atoms with Crippen LogP contribution in [0.15, 0.2) is 16.9 Å². The first-order valence-electron chi connectivity index (χ1n) is 8.57. The third-order valence-electron chi connectivity index (χ3n) is 4.02. The van der Waals surface area contributed by atoms with Crippen LogP contribution in [0.25, 0.3) is 0 Å². The van der Waals surface area contributed by atoms with Gasteiger partial charge in [0, 0.05) is 16.8 Å². The van der Waals surface area contributed by atoms with Crippen LogP contribution in [0.5, 0.6) is 0 Å². The minimum Gasteiger partial charge on any atom is -0.477 e. The van der Waals surface area contributed by atoms with Crippen molar-refractivity contribution in [2.24, 2.45) is 10.9 Å². The number of rotatable bonds is 8. The zero-order chi connectivity index (χ0) is 21.1. The van der Waals surface area contributed by atoms with Gasteiger partial charge >= 0.3 is 5.97 Å². The number of aromatic nitrogens is 2. The number of carboxylic acid groups (broad SMARTS) is 1. The summed E-state index contributed by atoms with van der Waals surface area (Å²) in [5, 5.41) is 15.1. The Hall–Kier alpha value is -2.42. The second-order valence-electron chi connectivity index (χ2n) is 6.12. The summed E-state index contributed by atoms with van der Waals surface area (Å²) in [5.41, 5.74) is 10.6. The average molecular weight is 478 g/mol. The average Bonchev–Trinajstić information content (AvgIpc) is 3.11. The van der Waals surface area contributed by atoms with E-state index in [1.165, 1.54) is 17.8 Å². The minimum atomic E-state index is -1.20. The van der Waals surface area contributed by atoms with E-state index in [0.29, 0.717) is 13.0 Å². The molecule has 164 valence electrons. The van der Waals surface area contributed by atoms with Gasteiger partial charge in [0.05, 0.1) is 0 Å². The highest BCUT2D eigenvalue weighted by molar-refractivity contribution is 8.00. The number of hydrogen-bond donors (Lipinski definition) is 4. The SMILES string of the molecule is CC1C=C(C(=O)O)N2C(=O)C(NC(=O)C(=NOCCCN)c3nsc(N)n3)[C@@H]2S1.Cl. The molecule has 1 aromatic rings. The van der Waals surface area contributed by atoms with Crippen molar-refractivity contribution in [3.63, 3.8) is 0 Å². The number of halogens is 1. The van der Waals surface area contributed by atoms with E-state index in [1.807, 2.05) is 6.92 Å². The predicted molar refractivity (Wildman–Crippen MR) is 113 cm³/mol. The Morgan fingerprint density at radius 1 is 1.47 bits per heavy atom. The number of aliphatic carboxylic acids is 1. The number of thioether (sulfide) groups is 1. The Balaban J connectivity index is 0.00000320. The molecule has 12 nitrogen and oxygen atoms in total. The molecule has 1 saturated heterocycles. The number of hydrogen-bond acceptors (Lipinski definition) is 11. The monoisotopic (exact) mass is 477 g/mol. The third-order valence-corrected chi connectivity index (χ3v) is 5.89. The van der Waals surface area contributed by atoms with Gasteiger partial charge in [0.1, 0.15) is 23.7 Å². The fraction of sp³-hybridized carbons (Fsp3) is 0.467. The van der Waals surface area contributed by atoms with E-state index in [9.17, 15) is 19.5 Å². The number of anilines is 1. The van der Waals surface area contributed by atoms with Gasteiger partial charge in [-0.05, 0) is 26.0 Å². The maximum atomic E-state index is 12.8. The van der Waals surface area contributed by atoms with Crippen molar-refractivity contribution in [1.29, 1.82) is 0 Å². The van der Waals surface area contributed by atoms with Crippen molar-refractivity contribution in [2.45, 2.75) is 30.0 Å². The van der Waals surface area contributed by atoms with Gasteiger partial charge in [-0.1, -0.05) is 5.16 Å². The number of nitrogen functional groups attached to an aromatic ring is 1. The highest BCUT2D eigenvalue weighted by atomic mass is 35.5. The summed E-state index contributed by atoms with van der Waals surface area (Å²) in [6.07, 6.45) is 2.03. The van der Waals surface area contributed by atoms with Crippen LogP contribution in [0, 0.1) is 0 Å². The van der Waals surface area contributed by atoms with Crippen molar-refractivity contribution in [2.75, 3.05) is 18.9 Å². The second-order valence-corrected chi connectivity index (χ2v) is 8.40. The molecule has 3 rings (SSSR count). The molecule has 2 amide bonds. The Kier molecular flexibility index (Phi) is 8.00. The van der Waals surface area contributed by atoms with E-state index in [0.717, 1.165) is 16.4 Å². The van der Waals surface area contributed by atoms with Gasteiger partial charge in [-0.2, -0.15) is 9.36 Å². The fourth-order valence-corrected chi connectivity index (χ4v) is 4.47. The zero-order valence-corrected chi connectivity index (χ0v) is 18.1. The Bertz CT molecular complexity index is 892. The molecule has 3 atom stereocenters. The number of carbonyl (C=O) groups excluding carboxylic acids is 2. The number of β-lactam (4-membered cyclic amide) rings is 1. The lowest BCUT2D eigenvalue weighted by molar-refractivity contribution is -0.150. The molecule has 2 aliphatic rings. The van der Waals surface area contributed by atoms with E-state index in [1.54, 1.807) is 0 Å². The first-order valence-corrected chi connectivity index (χ1v) is 10.3. The van der Waals surface area contributed by atoms with Crippen molar-refractivity contribution < 1.29 is 24.3 Å². The number of carboxylic acids is 1. The lowest BCUT2D eigenvalue weighted by atomic mass is 10.0. The number of amides is 2. The number of nitrogens with two attached hydrogens (primary N) is 2. The topological polar surface area (TPSA) is 186 Å². The quantitative estimate of drug-likeness (QED) is 0.162. The van der Waals surface area contributed by atoms with Gasteiger partial charge in [-0.25, -0.2) is 4.79 Å². The first kappa shape index (κ1) is 23.9. The van der Waals surface area contributed by atoms with Crippen LogP contribution < -0.4 is 16.8 Å². The molecule has 15 heteroatoms. The lowest BCUT2D eigenvalue weighted by Crippen LogP contribution is -2.71. The van der Waals surface area contributed by atoms with Gasteiger partial charge in [0.25, 0.3) is 11.8 Å². The zero-order valence-electron chi connectivity index (χ0n) is 15.7. The van der Waals surface area contributed by atoms with Crippen LogP contribution >= 0.6 is 35.7 Å². The number of oxime groups is 1. The van der Waals surface area contributed by atoms with Gasteiger partial charge in [0.15, 0.2) is 5.13 Å². The summed E-state index contributed by atoms with van der Waals surface area (Å²) < 4.78 is 3.96. The van der Waals surface area contributed by atoms with Gasteiger partial charge in [-0.3, -0.25) is 14.5 Å². The molecule has 30 heavy (non-hydrogen) atoms. The van der Waals surface area contributed by atoms with E-state index in [4.69, 9.17) is 16.3 Å². The molecule has 2 aliphatic heterocycles. The van der Waals surface area contributed by atoms with Gasteiger partial charge in [0.2, 0.25) is 11.5 Å². The Morgan fingerprint density at radius 3 is 2.80 bits per heavy atom. The van der Waals surface area contributed by atoms with Crippen molar-refractivity contribution in [3.05, 3.63) is 17.6 Å². The van der Waals surface area contributed by atoms with Crippen LogP contribution in [0.2, 0.25) is 0 Å². The van der Waals surface area contributed by atoms with E-state index in [2.05, 4.69) is 19.8 Å². The van der Waals surface area contributed by atoms with Crippen LogP contribution in [-0.4, -0.2) is 72.7 Å². The molecule has 0 spiro atoms. The molecule has 0 saturated carbocycles. The molecule has 1 fully saturated rings. The highest BCUT2D eigenvalue weighted by Gasteiger charge is 2.54. The van der Waals surface area contributed by atoms with Crippen LogP contribution in [0.3, 0.4) is 0 Å². The smallest absolute Gasteiger partial charge is 0.352 e. The van der Waals surface area contributed by atoms with Gasteiger partial charge < -0.3 is 26.7 Å². The Labute approximate surface area is 185 Å². The highest BCUT2D eigenvalue weighted by Crippen LogP contribution is 2.40. The summed E-state index contributed by atoms with van der Waals surface area (Å²) in [7, 11) is 0. The van der Waals surface area contributed by atoms with E-state index < -0.39 is 29.2 Å². The molecule has 1 aromatic heterocycles. The summed E-state index contributed by atoms with van der Waals surface area (Å²) in [4.78, 5) is 46.8. The van der Waals surface area contributed by atoms with Crippen molar-refractivity contribution in [3.8, 4) is 0 Å². The molecule has 3 heterocycles. The fourth-order valence-electron chi connectivity index (χ4n) is 2.71.